The van der Waals surface area contributed by atoms with E-state index in [4.69, 9.17) is 40.2 Å². The van der Waals surface area contributed by atoms with Crippen LogP contribution < -0.4 is 15.4 Å². The Balaban J connectivity index is 1.62. The van der Waals surface area contributed by atoms with Crippen molar-refractivity contribution in [2.45, 2.75) is 6.54 Å². The van der Waals surface area contributed by atoms with Crippen molar-refractivity contribution < 1.29 is 4.74 Å². The number of halogens is 2. The van der Waals surface area contributed by atoms with Gasteiger partial charge in [-0.15, -0.1) is 0 Å². The molecule has 8 heteroatoms. The molecular weight excluding hydrogens is 391 g/mol. The number of hydrogen-bond donors (Lipinski definition) is 2. The summed E-state index contributed by atoms with van der Waals surface area (Å²) in [5.41, 5.74) is 2.49. The first-order chi connectivity index (χ1) is 12.5. The number of methoxy groups -OCH3 is 1. The monoisotopic (exact) mass is 406 g/mol. The molecule has 5 nitrogen and oxygen atoms in total. The average molecular weight is 407 g/mol. The molecule has 1 heterocycles. The maximum Gasteiger partial charge on any atom is 0.175 e. The van der Waals surface area contributed by atoms with Crippen LogP contribution in [0.4, 0.5) is 11.4 Å². The number of nitrogens with one attached hydrogen (secondary N) is 2. The highest BCUT2D eigenvalue weighted by Crippen LogP contribution is 2.25. The standard InChI is InChI=1S/C18H16Cl2N4OS/c1-25-15-4-2-3-12(7-15)10-24-11-14(9-21-24)22-18(26)23-17-8-13(19)5-6-16(17)20/h2-9,11H,10H2,1H3,(H2,22,23,26). The van der Waals surface area contributed by atoms with Crippen molar-refractivity contribution in [3.63, 3.8) is 0 Å². The molecule has 0 saturated carbocycles. The van der Waals surface area contributed by atoms with E-state index in [0.29, 0.717) is 27.4 Å². The maximum atomic E-state index is 6.13. The molecule has 0 radical (unpaired) electrons. The first kappa shape index (κ1) is 18.5. The van der Waals surface area contributed by atoms with Crippen LogP contribution in [0.15, 0.2) is 54.9 Å². The van der Waals surface area contributed by atoms with Gasteiger partial charge in [-0.1, -0.05) is 35.3 Å². The van der Waals surface area contributed by atoms with E-state index in [1.165, 1.54) is 0 Å². The predicted molar refractivity (Wildman–Crippen MR) is 111 cm³/mol. The lowest BCUT2D eigenvalue weighted by atomic mass is 10.2. The molecule has 0 bridgehead atoms. The van der Waals surface area contributed by atoms with E-state index in [1.54, 1.807) is 31.5 Å². The van der Waals surface area contributed by atoms with Crippen LogP contribution in [0.1, 0.15) is 5.56 Å². The largest absolute Gasteiger partial charge is 0.497 e. The molecule has 3 aromatic rings. The third kappa shape index (κ3) is 4.88. The zero-order chi connectivity index (χ0) is 18.5. The molecule has 0 saturated heterocycles. The van der Waals surface area contributed by atoms with Crippen LogP contribution in [0, 0.1) is 0 Å². The minimum absolute atomic E-state index is 0.398. The van der Waals surface area contributed by atoms with Crippen molar-refractivity contribution in [2.24, 2.45) is 0 Å². The van der Waals surface area contributed by atoms with Gasteiger partial charge in [0.25, 0.3) is 0 Å². The van der Waals surface area contributed by atoms with Crippen LogP contribution in [-0.2, 0) is 6.54 Å². The molecule has 0 aliphatic heterocycles. The fraction of sp³-hybridized carbons (Fsp3) is 0.111. The molecule has 2 N–H and O–H groups in total. The third-order valence-electron chi connectivity index (χ3n) is 3.55. The molecule has 26 heavy (non-hydrogen) atoms. The van der Waals surface area contributed by atoms with E-state index in [2.05, 4.69) is 15.7 Å². The van der Waals surface area contributed by atoms with Gasteiger partial charge in [0.05, 0.1) is 36.2 Å². The highest BCUT2D eigenvalue weighted by molar-refractivity contribution is 7.80. The molecule has 1 aromatic heterocycles. The van der Waals surface area contributed by atoms with Crippen molar-refractivity contribution in [2.75, 3.05) is 17.7 Å². The van der Waals surface area contributed by atoms with E-state index in [9.17, 15) is 0 Å². The summed E-state index contributed by atoms with van der Waals surface area (Å²) in [7, 11) is 1.65. The van der Waals surface area contributed by atoms with Crippen molar-refractivity contribution in [1.82, 2.24) is 9.78 Å². The molecule has 0 aliphatic rings. The zero-order valence-corrected chi connectivity index (χ0v) is 16.2. The fourth-order valence-electron chi connectivity index (χ4n) is 2.35. The lowest BCUT2D eigenvalue weighted by Crippen LogP contribution is -2.19. The quantitative estimate of drug-likeness (QED) is 0.580. The first-order valence-electron chi connectivity index (χ1n) is 7.72. The van der Waals surface area contributed by atoms with Crippen LogP contribution in [0.25, 0.3) is 0 Å². The smallest absolute Gasteiger partial charge is 0.175 e. The van der Waals surface area contributed by atoms with Gasteiger partial charge in [0.2, 0.25) is 0 Å². The number of hydrogen-bond acceptors (Lipinski definition) is 3. The Morgan fingerprint density at radius 2 is 2.04 bits per heavy atom. The van der Waals surface area contributed by atoms with E-state index in [0.717, 1.165) is 17.0 Å². The Labute approximate surface area is 166 Å². The fourth-order valence-corrected chi connectivity index (χ4v) is 2.92. The van der Waals surface area contributed by atoms with Crippen LogP contribution >= 0.6 is 35.4 Å². The van der Waals surface area contributed by atoms with Gasteiger partial charge in [0.15, 0.2) is 5.11 Å². The Bertz CT molecular complexity index is 929. The van der Waals surface area contributed by atoms with Crippen molar-refractivity contribution in [1.29, 1.82) is 0 Å². The molecule has 2 aromatic carbocycles. The Morgan fingerprint density at radius 1 is 1.19 bits per heavy atom. The highest BCUT2D eigenvalue weighted by atomic mass is 35.5. The molecule has 0 spiro atoms. The lowest BCUT2D eigenvalue weighted by Gasteiger charge is -2.10. The van der Waals surface area contributed by atoms with Gasteiger partial charge in [-0.25, -0.2) is 0 Å². The summed E-state index contributed by atoms with van der Waals surface area (Å²) in [4.78, 5) is 0. The van der Waals surface area contributed by atoms with Crippen molar-refractivity contribution in [3.05, 3.63) is 70.5 Å². The summed E-state index contributed by atoms with van der Waals surface area (Å²) in [6.07, 6.45) is 3.57. The van der Waals surface area contributed by atoms with Crippen LogP contribution in [-0.4, -0.2) is 22.0 Å². The molecular formula is C18H16Cl2N4OS. The number of benzene rings is 2. The van der Waals surface area contributed by atoms with E-state index in [1.807, 2.05) is 35.1 Å². The molecule has 3 rings (SSSR count). The molecule has 0 unspecified atom stereocenters. The summed E-state index contributed by atoms with van der Waals surface area (Å²) >= 11 is 17.4. The summed E-state index contributed by atoms with van der Waals surface area (Å²) in [6, 6.07) is 13.0. The number of rotatable bonds is 5. The van der Waals surface area contributed by atoms with Crippen LogP contribution in [0.2, 0.25) is 10.0 Å². The van der Waals surface area contributed by atoms with Gasteiger partial charge in [-0.05, 0) is 48.1 Å². The topological polar surface area (TPSA) is 51.1 Å². The minimum Gasteiger partial charge on any atom is -0.497 e. The molecule has 0 atom stereocenters. The van der Waals surface area contributed by atoms with E-state index >= 15 is 0 Å². The summed E-state index contributed by atoms with van der Waals surface area (Å²) in [5.74, 6) is 0.816. The maximum absolute atomic E-state index is 6.13. The molecule has 0 aliphatic carbocycles. The van der Waals surface area contributed by atoms with Crippen LogP contribution in [0.3, 0.4) is 0 Å². The van der Waals surface area contributed by atoms with Gasteiger partial charge < -0.3 is 15.4 Å². The Morgan fingerprint density at radius 3 is 2.85 bits per heavy atom. The number of thiocarbonyl (C=S) groups is 1. The van der Waals surface area contributed by atoms with Gasteiger partial charge in [0, 0.05) is 11.2 Å². The number of aromatic nitrogens is 2. The third-order valence-corrected chi connectivity index (χ3v) is 4.32. The predicted octanol–water partition coefficient (Wildman–Crippen LogP) is 5.06. The van der Waals surface area contributed by atoms with Gasteiger partial charge in [0.1, 0.15) is 5.75 Å². The normalized spacial score (nSPS) is 10.4. The lowest BCUT2D eigenvalue weighted by molar-refractivity contribution is 0.414. The second-order valence-corrected chi connectivity index (χ2v) is 6.73. The minimum atomic E-state index is 0.398. The second-order valence-electron chi connectivity index (χ2n) is 5.48. The van der Waals surface area contributed by atoms with E-state index in [-0.39, 0.29) is 0 Å². The van der Waals surface area contributed by atoms with Gasteiger partial charge >= 0.3 is 0 Å². The highest BCUT2D eigenvalue weighted by Gasteiger charge is 2.06. The number of anilines is 2. The zero-order valence-electron chi connectivity index (χ0n) is 13.9. The van der Waals surface area contributed by atoms with Gasteiger partial charge in [-0.3, -0.25) is 4.68 Å². The summed E-state index contributed by atoms with van der Waals surface area (Å²) < 4.78 is 7.05. The first-order valence-corrected chi connectivity index (χ1v) is 8.88. The van der Waals surface area contributed by atoms with Crippen molar-refractivity contribution in [3.8, 4) is 5.75 Å². The average Bonchev–Trinajstić information content (AvgIpc) is 3.05. The Hall–Kier alpha value is -2.28. The number of ether oxygens (including phenoxy) is 1. The SMILES string of the molecule is COc1cccc(Cn2cc(NC(=S)Nc3cc(Cl)ccc3Cl)cn2)c1. The van der Waals surface area contributed by atoms with E-state index < -0.39 is 0 Å². The second kappa shape index (κ2) is 8.40. The summed E-state index contributed by atoms with van der Waals surface area (Å²) in [5, 5.41) is 11.9. The summed E-state index contributed by atoms with van der Waals surface area (Å²) in [6.45, 7) is 0.624. The molecule has 134 valence electrons. The van der Waals surface area contributed by atoms with Crippen molar-refractivity contribution >= 4 is 51.9 Å². The molecule has 0 fully saturated rings. The Kier molecular flexibility index (Phi) is 5.98. The molecule has 0 amide bonds. The number of nitrogens with zero attached hydrogens (tertiary/aromatic N) is 2. The van der Waals surface area contributed by atoms with Gasteiger partial charge in [-0.2, -0.15) is 5.10 Å². The van der Waals surface area contributed by atoms with Crippen LogP contribution in [0.5, 0.6) is 5.75 Å².